The number of halogens is 1. The average Bonchev–Trinajstić information content (AvgIpc) is 2.41. The molecule has 0 radical (unpaired) electrons. The molecule has 100 valence electrons. The number of aryl methyl sites for hydroxylation is 2. The lowest BCUT2D eigenvalue weighted by Crippen LogP contribution is -2.08. The van der Waals surface area contributed by atoms with Gasteiger partial charge in [0.15, 0.2) is 0 Å². The largest absolute Gasteiger partial charge is 0.396 e. The summed E-state index contributed by atoms with van der Waals surface area (Å²) >= 11 is 3.44. The molecule has 0 aromatic heterocycles. The van der Waals surface area contributed by atoms with Crippen molar-refractivity contribution in [1.29, 1.82) is 0 Å². The minimum atomic E-state index is 0.161. The summed E-state index contributed by atoms with van der Waals surface area (Å²) in [6, 6.07) is 14.7. The lowest BCUT2D eigenvalue weighted by atomic mass is 9.90. The average molecular weight is 319 g/mol. The van der Waals surface area contributed by atoms with Gasteiger partial charge >= 0.3 is 0 Å². The van der Waals surface area contributed by atoms with Crippen LogP contribution < -0.4 is 0 Å². The molecule has 2 rings (SSSR count). The molecule has 1 atom stereocenters. The Hall–Kier alpha value is -1.12. The molecular weight excluding hydrogens is 300 g/mol. The third-order valence-corrected chi connectivity index (χ3v) is 4.06. The Bertz CT molecular complexity index is 546. The third-order valence-electron chi connectivity index (χ3n) is 3.53. The first-order valence-corrected chi connectivity index (χ1v) is 7.32. The maximum Gasteiger partial charge on any atom is 0.0502 e. The molecule has 1 N–H and O–H groups in total. The predicted octanol–water partition coefficient (Wildman–Crippen LogP) is 4.38. The molecule has 0 saturated heterocycles. The fraction of sp³-hybridized carbons (Fsp3) is 0.294. The van der Waals surface area contributed by atoms with Gasteiger partial charge in [-0.05, 0) is 49.1 Å². The van der Waals surface area contributed by atoms with Crippen LogP contribution in [0.4, 0.5) is 0 Å². The highest BCUT2D eigenvalue weighted by atomic mass is 79.9. The van der Waals surface area contributed by atoms with E-state index in [1.54, 1.807) is 0 Å². The fourth-order valence-electron chi connectivity index (χ4n) is 2.31. The minimum Gasteiger partial charge on any atom is -0.396 e. The van der Waals surface area contributed by atoms with Gasteiger partial charge in [-0.1, -0.05) is 51.8 Å². The molecule has 1 unspecified atom stereocenters. The van der Waals surface area contributed by atoms with E-state index in [0.717, 1.165) is 10.9 Å². The summed E-state index contributed by atoms with van der Waals surface area (Å²) in [5.74, 6) is 0.161. The number of aliphatic hydroxyl groups is 1. The monoisotopic (exact) mass is 318 g/mol. The molecule has 0 spiro atoms. The van der Waals surface area contributed by atoms with Crippen LogP contribution in [0.25, 0.3) is 0 Å². The van der Waals surface area contributed by atoms with Gasteiger partial charge in [-0.3, -0.25) is 0 Å². The van der Waals surface area contributed by atoms with Crippen LogP contribution in [0.1, 0.15) is 28.2 Å². The Labute approximate surface area is 123 Å². The van der Waals surface area contributed by atoms with Crippen LogP contribution in [-0.2, 0) is 6.42 Å². The fourth-order valence-corrected chi connectivity index (χ4v) is 2.57. The van der Waals surface area contributed by atoms with Crippen molar-refractivity contribution in [1.82, 2.24) is 0 Å². The Morgan fingerprint density at radius 1 is 1.05 bits per heavy atom. The van der Waals surface area contributed by atoms with Gasteiger partial charge in [-0.2, -0.15) is 0 Å². The molecular formula is C17H19BrO. The third kappa shape index (κ3) is 3.68. The van der Waals surface area contributed by atoms with Crippen molar-refractivity contribution in [2.45, 2.75) is 26.2 Å². The van der Waals surface area contributed by atoms with Crippen LogP contribution in [-0.4, -0.2) is 11.7 Å². The van der Waals surface area contributed by atoms with Gasteiger partial charge in [-0.25, -0.2) is 0 Å². The molecule has 1 nitrogen and oxygen atoms in total. The second-order valence-corrected chi connectivity index (χ2v) is 5.98. The first kappa shape index (κ1) is 14.3. The quantitative estimate of drug-likeness (QED) is 0.886. The maximum atomic E-state index is 9.66. The van der Waals surface area contributed by atoms with Crippen LogP contribution in [0.3, 0.4) is 0 Å². The molecule has 0 aliphatic heterocycles. The summed E-state index contributed by atoms with van der Waals surface area (Å²) in [7, 11) is 0. The van der Waals surface area contributed by atoms with Crippen molar-refractivity contribution < 1.29 is 5.11 Å². The lowest BCUT2D eigenvalue weighted by Gasteiger charge is -2.17. The number of hydrogen-bond donors (Lipinski definition) is 1. The number of rotatable bonds is 4. The first-order valence-electron chi connectivity index (χ1n) is 6.52. The van der Waals surface area contributed by atoms with E-state index in [0.29, 0.717) is 0 Å². The summed E-state index contributed by atoms with van der Waals surface area (Å²) in [6.45, 7) is 4.41. The zero-order valence-electron chi connectivity index (χ0n) is 11.4. The number of aliphatic hydroxyl groups excluding tert-OH is 1. The van der Waals surface area contributed by atoms with Crippen molar-refractivity contribution in [2.75, 3.05) is 6.61 Å². The van der Waals surface area contributed by atoms with E-state index in [1.165, 1.54) is 22.3 Å². The molecule has 19 heavy (non-hydrogen) atoms. The maximum absolute atomic E-state index is 9.66. The van der Waals surface area contributed by atoms with Crippen LogP contribution in [0.15, 0.2) is 46.9 Å². The lowest BCUT2D eigenvalue weighted by molar-refractivity contribution is 0.264. The molecule has 2 aromatic carbocycles. The highest BCUT2D eigenvalue weighted by Gasteiger charge is 2.12. The van der Waals surface area contributed by atoms with Crippen LogP contribution >= 0.6 is 15.9 Å². The smallest absolute Gasteiger partial charge is 0.0502 e. The summed E-state index contributed by atoms with van der Waals surface area (Å²) in [5, 5.41) is 9.66. The minimum absolute atomic E-state index is 0.161. The SMILES string of the molecule is Cc1ccc(C)c(CC(CO)c2ccc(Br)cc2)c1. The van der Waals surface area contributed by atoms with Gasteiger partial charge in [-0.15, -0.1) is 0 Å². The molecule has 0 heterocycles. The van der Waals surface area contributed by atoms with Gasteiger partial charge in [0.2, 0.25) is 0 Å². The van der Waals surface area contributed by atoms with Gasteiger partial charge in [0.25, 0.3) is 0 Å². The molecule has 2 heteroatoms. The molecule has 0 saturated carbocycles. The zero-order chi connectivity index (χ0) is 13.8. The normalized spacial score (nSPS) is 12.4. The summed E-state index contributed by atoms with van der Waals surface area (Å²) in [5.41, 5.74) is 5.07. The predicted molar refractivity (Wildman–Crippen MR) is 83.6 cm³/mol. The van der Waals surface area contributed by atoms with Gasteiger partial charge in [0.1, 0.15) is 0 Å². The summed E-state index contributed by atoms with van der Waals surface area (Å²) < 4.78 is 1.07. The summed E-state index contributed by atoms with van der Waals surface area (Å²) in [6.07, 6.45) is 0.881. The van der Waals surface area contributed by atoms with Gasteiger partial charge < -0.3 is 5.11 Å². The standard InChI is InChI=1S/C17H19BrO/c1-12-3-4-13(2)15(9-12)10-16(11-19)14-5-7-17(18)8-6-14/h3-9,16,19H,10-11H2,1-2H3. The van der Waals surface area contributed by atoms with E-state index < -0.39 is 0 Å². The highest BCUT2D eigenvalue weighted by Crippen LogP contribution is 2.24. The Kier molecular flexibility index (Phi) is 4.78. The van der Waals surface area contributed by atoms with E-state index in [4.69, 9.17) is 0 Å². The topological polar surface area (TPSA) is 20.2 Å². The summed E-state index contributed by atoms with van der Waals surface area (Å²) in [4.78, 5) is 0. The molecule has 0 aliphatic carbocycles. The Balaban J connectivity index is 2.23. The second kappa shape index (κ2) is 6.36. The van der Waals surface area contributed by atoms with Crippen molar-refractivity contribution in [3.8, 4) is 0 Å². The molecule has 2 aromatic rings. The van der Waals surface area contributed by atoms with E-state index in [9.17, 15) is 5.11 Å². The Morgan fingerprint density at radius 3 is 2.37 bits per heavy atom. The zero-order valence-corrected chi connectivity index (χ0v) is 12.9. The van der Waals surface area contributed by atoms with E-state index in [2.05, 4.69) is 60.1 Å². The highest BCUT2D eigenvalue weighted by molar-refractivity contribution is 9.10. The van der Waals surface area contributed by atoms with Crippen molar-refractivity contribution >= 4 is 15.9 Å². The van der Waals surface area contributed by atoms with Crippen molar-refractivity contribution in [3.63, 3.8) is 0 Å². The van der Waals surface area contributed by atoms with Gasteiger partial charge in [0, 0.05) is 10.4 Å². The number of hydrogen-bond acceptors (Lipinski definition) is 1. The Morgan fingerprint density at radius 2 is 1.74 bits per heavy atom. The molecule has 0 amide bonds. The van der Waals surface area contributed by atoms with Crippen LogP contribution in [0, 0.1) is 13.8 Å². The van der Waals surface area contributed by atoms with Crippen LogP contribution in [0.2, 0.25) is 0 Å². The van der Waals surface area contributed by atoms with Gasteiger partial charge in [0.05, 0.1) is 6.61 Å². The first-order chi connectivity index (χ1) is 9.10. The second-order valence-electron chi connectivity index (χ2n) is 5.07. The van der Waals surface area contributed by atoms with Crippen molar-refractivity contribution in [2.24, 2.45) is 0 Å². The molecule has 0 bridgehead atoms. The van der Waals surface area contributed by atoms with E-state index in [1.807, 2.05) is 12.1 Å². The molecule has 0 fully saturated rings. The van der Waals surface area contributed by atoms with E-state index in [-0.39, 0.29) is 12.5 Å². The van der Waals surface area contributed by atoms with Crippen molar-refractivity contribution in [3.05, 3.63) is 69.2 Å². The van der Waals surface area contributed by atoms with Crippen LogP contribution in [0.5, 0.6) is 0 Å². The number of benzene rings is 2. The molecule has 0 aliphatic rings. The van der Waals surface area contributed by atoms with E-state index >= 15 is 0 Å².